The zero-order valence-electron chi connectivity index (χ0n) is 12.2. The number of hydrogen-bond acceptors (Lipinski definition) is 4. The van der Waals surface area contributed by atoms with Crippen LogP contribution in [0.4, 0.5) is 8.78 Å². The van der Waals surface area contributed by atoms with Crippen LogP contribution in [0.5, 0.6) is 5.75 Å². The van der Waals surface area contributed by atoms with Gasteiger partial charge in [0.25, 0.3) is 0 Å². The van der Waals surface area contributed by atoms with Crippen LogP contribution in [0.1, 0.15) is 24.1 Å². The normalized spacial score (nSPS) is 12.7. The topological polar surface area (TPSA) is 52.3 Å². The number of hydrogen-bond donors (Lipinski definition) is 0. The number of ether oxygens (including phenoxy) is 1. The van der Waals surface area contributed by atoms with Crippen LogP contribution in [0.15, 0.2) is 36.8 Å². The van der Waals surface area contributed by atoms with Crippen LogP contribution in [0.2, 0.25) is 5.15 Å². The Bertz CT molecular complexity index is 807. The first kappa shape index (κ1) is 15.6. The number of imidazole rings is 1. The van der Waals surface area contributed by atoms with Gasteiger partial charge in [-0.15, -0.1) is 0 Å². The van der Waals surface area contributed by atoms with E-state index >= 15 is 0 Å². The van der Waals surface area contributed by atoms with Gasteiger partial charge in [-0.2, -0.15) is 13.9 Å². The largest absolute Gasteiger partial charge is 0.433 e. The molecule has 0 amide bonds. The predicted molar refractivity (Wildman–Crippen MR) is 81.0 cm³/mol. The van der Waals surface area contributed by atoms with E-state index in [1.807, 2.05) is 6.92 Å². The monoisotopic (exact) mass is 338 g/mol. The first-order valence-corrected chi connectivity index (χ1v) is 7.30. The van der Waals surface area contributed by atoms with E-state index in [1.165, 1.54) is 12.3 Å². The van der Waals surface area contributed by atoms with Crippen molar-refractivity contribution in [1.82, 2.24) is 19.6 Å². The molecule has 0 aliphatic carbocycles. The molecule has 0 saturated heterocycles. The lowest BCUT2D eigenvalue weighted by Gasteiger charge is -2.13. The van der Waals surface area contributed by atoms with Gasteiger partial charge in [-0.05, 0) is 30.5 Å². The van der Waals surface area contributed by atoms with Crippen LogP contribution in [-0.4, -0.2) is 26.2 Å². The van der Waals surface area contributed by atoms with Crippen LogP contribution in [0, 0.1) is 0 Å². The molecule has 120 valence electrons. The fraction of sp³-hybridized carbons (Fsp3) is 0.267. The first-order chi connectivity index (χ1) is 11.0. The van der Waals surface area contributed by atoms with E-state index in [4.69, 9.17) is 11.6 Å². The molecule has 0 N–H and O–H groups in total. The van der Waals surface area contributed by atoms with E-state index in [0.717, 1.165) is 16.9 Å². The average molecular weight is 339 g/mol. The van der Waals surface area contributed by atoms with Crippen LogP contribution >= 0.6 is 11.6 Å². The van der Waals surface area contributed by atoms with Gasteiger partial charge in [0.15, 0.2) is 5.65 Å². The summed E-state index contributed by atoms with van der Waals surface area (Å²) >= 11 is 6.03. The SMILES string of the molecule is C[C@H](Cc1ccc(OC(F)F)cn1)c1cc(Cl)nn2ccnc12. The molecule has 3 rings (SSSR count). The van der Waals surface area contributed by atoms with Crippen molar-refractivity contribution in [2.75, 3.05) is 0 Å². The minimum absolute atomic E-state index is 0.0407. The summed E-state index contributed by atoms with van der Waals surface area (Å²) in [5.41, 5.74) is 2.45. The summed E-state index contributed by atoms with van der Waals surface area (Å²) in [6.45, 7) is -0.833. The van der Waals surface area contributed by atoms with Crippen molar-refractivity contribution in [2.45, 2.75) is 25.9 Å². The third kappa shape index (κ3) is 3.56. The number of aromatic nitrogens is 4. The summed E-state index contributed by atoms with van der Waals surface area (Å²) in [6, 6.07) is 4.93. The van der Waals surface area contributed by atoms with Crippen LogP contribution in [-0.2, 0) is 6.42 Å². The Kier molecular flexibility index (Phi) is 4.38. The van der Waals surface area contributed by atoms with E-state index in [0.29, 0.717) is 11.6 Å². The highest BCUT2D eigenvalue weighted by atomic mass is 35.5. The van der Waals surface area contributed by atoms with Crippen LogP contribution in [0.25, 0.3) is 5.65 Å². The number of nitrogens with zero attached hydrogens (tertiary/aromatic N) is 4. The molecule has 0 aliphatic heterocycles. The molecule has 3 heterocycles. The number of alkyl halides is 2. The lowest BCUT2D eigenvalue weighted by molar-refractivity contribution is -0.0500. The fourth-order valence-corrected chi connectivity index (χ4v) is 2.60. The van der Waals surface area contributed by atoms with Gasteiger partial charge >= 0.3 is 6.61 Å². The first-order valence-electron chi connectivity index (χ1n) is 6.92. The molecule has 0 saturated carbocycles. The number of fused-ring (bicyclic) bond motifs is 1. The van der Waals surface area contributed by atoms with Crippen molar-refractivity contribution in [2.24, 2.45) is 0 Å². The summed E-state index contributed by atoms with van der Waals surface area (Å²) in [7, 11) is 0. The molecule has 0 aromatic carbocycles. The third-order valence-corrected chi connectivity index (χ3v) is 3.61. The molecular weight excluding hydrogens is 326 g/mol. The molecule has 0 aliphatic rings. The molecule has 3 aromatic rings. The molecule has 0 radical (unpaired) electrons. The van der Waals surface area contributed by atoms with E-state index in [2.05, 4.69) is 19.8 Å². The maximum atomic E-state index is 12.1. The smallest absolute Gasteiger partial charge is 0.387 e. The second-order valence-corrected chi connectivity index (χ2v) is 5.47. The number of rotatable bonds is 5. The van der Waals surface area contributed by atoms with Gasteiger partial charge in [0.2, 0.25) is 0 Å². The Morgan fingerprint density at radius 1 is 1.30 bits per heavy atom. The molecular formula is C15H13ClF2N4O. The van der Waals surface area contributed by atoms with Gasteiger partial charge in [0.05, 0.1) is 6.20 Å². The summed E-state index contributed by atoms with van der Waals surface area (Å²) in [5, 5.41) is 4.52. The highest BCUT2D eigenvalue weighted by Gasteiger charge is 2.15. The third-order valence-electron chi connectivity index (χ3n) is 3.43. The second kappa shape index (κ2) is 6.45. The van der Waals surface area contributed by atoms with Gasteiger partial charge in [0.1, 0.15) is 10.9 Å². The molecule has 5 nitrogen and oxygen atoms in total. The Balaban J connectivity index is 1.80. The molecule has 0 bridgehead atoms. The van der Waals surface area contributed by atoms with Crippen molar-refractivity contribution in [3.05, 3.63) is 53.2 Å². The van der Waals surface area contributed by atoms with Gasteiger partial charge < -0.3 is 4.74 Å². The van der Waals surface area contributed by atoms with Gasteiger partial charge in [-0.3, -0.25) is 4.98 Å². The summed E-state index contributed by atoms with van der Waals surface area (Å²) in [4.78, 5) is 8.44. The quantitative estimate of drug-likeness (QED) is 0.711. The maximum Gasteiger partial charge on any atom is 0.387 e. The Morgan fingerprint density at radius 3 is 2.83 bits per heavy atom. The maximum absolute atomic E-state index is 12.1. The lowest BCUT2D eigenvalue weighted by atomic mass is 9.97. The zero-order valence-corrected chi connectivity index (χ0v) is 12.9. The van der Waals surface area contributed by atoms with Crippen molar-refractivity contribution < 1.29 is 13.5 Å². The van der Waals surface area contributed by atoms with E-state index < -0.39 is 6.61 Å². The highest BCUT2D eigenvalue weighted by Crippen LogP contribution is 2.25. The Morgan fingerprint density at radius 2 is 2.13 bits per heavy atom. The average Bonchev–Trinajstić information content (AvgIpc) is 2.95. The molecule has 3 aromatic heterocycles. The molecule has 0 fully saturated rings. The van der Waals surface area contributed by atoms with Crippen molar-refractivity contribution in [3.8, 4) is 5.75 Å². The van der Waals surface area contributed by atoms with Gasteiger partial charge in [-0.25, -0.2) is 9.50 Å². The van der Waals surface area contributed by atoms with E-state index in [-0.39, 0.29) is 11.7 Å². The minimum Gasteiger partial charge on any atom is -0.433 e. The second-order valence-electron chi connectivity index (χ2n) is 5.09. The highest BCUT2D eigenvalue weighted by molar-refractivity contribution is 6.29. The minimum atomic E-state index is -2.85. The number of halogens is 3. The summed E-state index contributed by atoms with van der Waals surface area (Å²) in [6.07, 6.45) is 5.28. The predicted octanol–water partition coefficient (Wildman–Crippen LogP) is 3.73. The Hall–Kier alpha value is -2.28. The molecule has 0 unspecified atom stereocenters. The molecule has 23 heavy (non-hydrogen) atoms. The van der Waals surface area contributed by atoms with Crippen molar-refractivity contribution >= 4 is 17.2 Å². The van der Waals surface area contributed by atoms with Crippen molar-refractivity contribution in [1.29, 1.82) is 0 Å². The van der Waals surface area contributed by atoms with E-state index in [1.54, 1.807) is 29.0 Å². The van der Waals surface area contributed by atoms with Crippen LogP contribution in [0.3, 0.4) is 0 Å². The standard InChI is InChI=1S/C15H13ClF2N4O/c1-9(6-10-2-3-11(8-20-10)23-15(17)18)12-7-13(16)21-22-5-4-19-14(12)22/h2-5,7-9,15H,6H2,1H3/t9-/m1/s1. The van der Waals surface area contributed by atoms with Crippen molar-refractivity contribution in [3.63, 3.8) is 0 Å². The zero-order chi connectivity index (χ0) is 16.4. The summed E-state index contributed by atoms with van der Waals surface area (Å²) in [5.74, 6) is 0.119. The molecule has 8 heteroatoms. The Labute approximate surface area is 135 Å². The lowest BCUT2D eigenvalue weighted by Crippen LogP contribution is -2.06. The summed E-state index contributed by atoms with van der Waals surface area (Å²) < 4.78 is 30.2. The van der Waals surface area contributed by atoms with E-state index in [9.17, 15) is 8.78 Å². The van der Waals surface area contributed by atoms with Gasteiger partial charge in [0, 0.05) is 23.7 Å². The van der Waals surface area contributed by atoms with Gasteiger partial charge in [-0.1, -0.05) is 18.5 Å². The fourth-order valence-electron chi connectivity index (χ4n) is 2.40. The number of pyridine rings is 1. The van der Waals surface area contributed by atoms with Crippen LogP contribution < -0.4 is 4.74 Å². The molecule has 0 spiro atoms. The molecule has 1 atom stereocenters.